The number of halogens is 2. The van der Waals surface area contributed by atoms with E-state index in [2.05, 4.69) is 34.3 Å². The van der Waals surface area contributed by atoms with Gasteiger partial charge in [0.1, 0.15) is 17.7 Å². The number of aliphatic imine (C=N–C) groups is 1. The first-order valence-electron chi connectivity index (χ1n) is 10.3. The highest BCUT2D eigenvalue weighted by atomic mass is 127. The van der Waals surface area contributed by atoms with Gasteiger partial charge < -0.3 is 24.4 Å². The summed E-state index contributed by atoms with van der Waals surface area (Å²) in [5.41, 5.74) is 4.04. The molecule has 1 N–H and O–H groups in total. The Labute approximate surface area is 199 Å². The number of rotatable bonds is 4. The summed E-state index contributed by atoms with van der Waals surface area (Å²) in [4.78, 5) is 6.66. The van der Waals surface area contributed by atoms with Gasteiger partial charge in [0.2, 0.25) is 0 Å². The van der Waals surface area contributed by atoms with Crippen molar-refractivity contribution in [2.45, 2.75) is 26.1 Å². The van der Waals surface area contributed by atoms with Gasteiger partial charge >= 0.3 is 0 Å². The minimum atomic E-state index is -0.267. The molecule has 8 heteroatoms. The third kappa shape index (κ3) is 5.67. The topological polar surface area (TPSA) is 55.3 Å². The second kappa shape index (κ2) is 11.1. The fourth-order valence-electron chi connectivity index (χ4n) is 4.06. The molecule has 2 aromatic carbocycles. The summed E-state index contributed by atoms with van der Waals surface area (Å²) in [5.74, 6) is 1.30. The predicted octanol–water partition coefficient (Wildman–Crippen LogP) is 3.81. The van der Waals surface area contributed by atoms with Crippen molar-refractivity contribution >= 4 is 29.9 Å². The van der Waals surface area contributed by atoms with Crippen molar-refractivity contribution in [3.8, 4) is 5.75 Å². The fraction of sp³-hybridized carbons (Fsp3) is 0.435. The highest BCUT2D eigenvalue weighted by molar-refractivity contribution is 14.0. The molecule has 0 bridgehead atoms. The molecule has 0 radical (unpaired) electrons. The van der Waals surface area contributed by atoms with E-state index in [4.69, 9.17) is 14.2 Å². The van der Waals surface area contributed by atoms with Crippen molar-refractivity contribution in [2.24, 2.45) is 4.99 Å². The van der Waals surface area contributed by atoms with Gasteiger partial charge in [0.15, 0.2) is 12.8 Å². The van der Waals surface area contributed by atoms with Crippen molar-refractivity contribution in [1.29, 1.82) is 0 Å². The van der Waals surface area contributed by atoms with E-state index < -0.39 is 0 Å². The van der Waals surface area contributed by atoms with Crippen LogP contribution in [0.4, 0.5) is 4.39 Å². The van der Waals surface area contributed by atoms with E-state index >= 15 is 0 Å². The summed E-state index contributed by atoms with van der Waals surface area (Å²) in [5, 5.41) is 3.41. The zero-order chi connectivity index (χ0) is 20.9. The van der Waals surface area contributed by atoms with Gasteiger partial charge in [-0.2, -0.15) is 0 Å². The maximum atomic E-state index is 14.0. The first-order valence-corrected chi connectivity index (χ1v) is 10.3. The Hall–Kier alpha value is -1.91. The van der Waals surface area contributed by atoms with Crippen LogP contribution in [0.15, 0.2) is 41.4 Å². The number of nitrogens with one attached hydrogen (secondary N) is 1. The van der Waals surface area contributed by atoms with Gasteiger partial charge in [-0.05, 0) is 42.2 Å². The Morgan fingerprint density at radius 2 is 2.13 bits per heavy atom. The lowest BCUT2D eigenvalue weighted by Gasteiger charge is -2.35. The highest BCUT2D eigenvalue weighted by Gasteiger charge is 2.25. The van der Waals surface area contributed by atoms with E-state index in [0.29, 0.717) is 26.2 Å². The highest BCUT2D eigenvalue weighted by Crippen LogP contribution is 2.29. The molecule has 31 heavy (non-hydrogen) atoms. The number of hydrogen-bond donors (Lipinski definition) is 1. The lowest BCUT2D eigenvalue weighted by Crippen LogP contribution is -2.48. The second-order valence-corrected chi connectivity index (χ2v) is 7.55. The first-order chi connectivity index (χ1) is 14.7. The van der Waals surface area contributed by atoms with Crippen LogP contribution in [-0.2, 0) is 22.5 Å². The third-order valence-electron chi connectivity index (χ3n) is 5.54. The van der Waals surface area contributed by atoms with Crippen LogP contribution in [0.3, 0.4) is 0 Å². The molecule has 1 saturated heterocycles. The summed E-state index contributed by atoms with van der Waals surface area (Å²) < 4.78 is 30.9. The Morgan fingerprint density at radius 1 is 1.29 bits per heavy atom. The van der Waals surface area contributed by atoms with Crippen molar-refractivity contribution in [3.05, 3.63) is 64.5 Å². The molecule has 1 atom stereocenters. The van der Waals surface area contributed by atoms with E-state index in [1.165, 1.54) is 23.3 Å². The molecular weight excluding hydrogens is 512 g/mol. The number of hydrogen-bond acceptors (Lipinski definition) is 4. The van der Waals surface area contributed by atoms with Crippen LogP contribution in [0.25, 0.3) is 0 Å². The van der Waals surface area contributed by atoms with Crippen LogP contribution in [0, 0.1) is 12.7 Å². The van der Waals surface area contributed by atoms with Crippen LogP contribution >= 0.6 is 24.0 Å². The Balaban J connectivity index is 0.00000272. The van der Waals surface area contributed by atoms with Gasteiger partial charge in [-0.1, -0.05) is 24.3 Å². The lowest BCUT2D eigenvalue weighted by molar-refractivity contribution is -0.0172. The number of nitrogens with zero attached hydrogens (tertiary/aromatic N) is 2. The van der Waals surface area contributed by atoms with Crippen LogP contribution < -0.4 is 10.1 Å². The molecule has 2 aromatic rings. The molecule has 1 fully saturated rings. The molecule has 0 aromatic heterocycles. The predicted molar refractivity (Wildman–Crippen MR) is 129 cm³/mol. The lowest BCUT2D eigenvalue weighted by atomic mass is 10.0. The smallest absolute Gasteiger partial charge is 0.193 e. The molecule has 4 rings (SSSR count). The van der Waals surface area contributed by atoms with E-state index in [1.807, 2.05) is 12.1 Å². The molecule has 2 aliphatic rings. The Bertz CT molecular complexity index is 925. The van der Waals surface area contributed by atoms with Crippen molar-refractivity contribution in [2.75, 3.05) is 40.1 Å². The normalized spacial score (nSPS) is 18.6. The monoisotopic (exact) mass is 541 g/mol. The molecule has 2 aliphatic heterocycles. The number of ether oxygens (including phenoxy) is 3. The number of benzene rings is 2. The van der Waals surface area contributed by atoms with Gasteiger partial charge in [0.05, 0.1) is 19.8 Å². The maximum absolute atomic E-state index is 14.0. The van der Waals surface area contributed by atoms with Crippen LogP contribution in [-0.4, -0.2) is 50.9 Å². The number of guanidine groups is 1. The molecule has 2 heterocycles. The summed E-state index contributed by atoms with van der Waals surface area (Å²) in [7, 11) is 1.78. The van der Waals surface area contributed by atoms with Crippen molar-refractivity contribution in [3.63, 3.8) is 0 Å². The third-order valence-corrected chi connectivity index (χ3v) is 5.54. The summed E-state index contributed by atoms with van der Waals surface area (Å²) in [6.45, 7) is 5.47. The molecule has 6 nitrogen and oxygen atoms in total. The molecular formula is C23H29FIN3O3. The van der Waals surface area contributed by atoms with E-state index in [-0.39, 0.29) is 42.7 Å². The van der Waals surface area contributed by atoms with E-state index in [1.54, 1.807) is 7.05 Å². The largest absolute Gasteiger partial charge is 0.467 e. The quantitative estimate of drug-likeness (QED) is 0.363. The summed E-state index contributed by atoms with van der Waals surface area (Å²) in [6, 6.07) is 11.3. The average Bonchev–Trinajstić information content (AvgIpc) is 2.77. The van der Waals surface area contributed by atoms with Crippen molar-refractivity contribution < 1.29 is 18.6 Å². The number of aryl methyl sites for hydroxylation is 1. The van der Waals surface area contributed by atoms with Gasteiger partial charge in [0.25, 0.3) is 0 Å². The summed E-state index contributed by atoms with van der Waals surface area (Å²) in [6.07, 6.45) is 0.646. The van der Waals surface area contributed by atoms with Gasteiger partial charge in [-0.15, -0.1) is 24.0 Å². The molecule has 0 saturated carbocycles. The van der Waals surface area contributed by atoms with Crippen LogP contribution in [0.1, 0.15) is 28.4 Å². The fourth-order valence-corrected chi connectivity index (χ4v) is 4.06. The molecule has 1 unspecified atom stereocenters. The standard InChI is InChI=1S/C23H28FN3O3.HI/c1-16-5-3-4-6-20(16)21-13-27(9-10-29-21)23(25-2)26-8-7-17-11-19(24)12-18-14-28-15-30-22(17)18;/h3-6,11-12,21H,7-10,13-15H2,1-2H3,(H,25,26);1H. The average molecular weight is 541 g/mol. The summed E-state index contributed by atoms with van der Waals surface area (Å²) >= 11 is 0. The minimum Gasteiger partial charge on any atom is -0.467 e. The number of morpholine rings is 1. The molecule has 0 amide bonds. The van der Waals surface area contributed by atoms with Crippen molar-refractivity contribution in [1.82, 2.24) is 10.2 Å². The Morgan fingerprint density at radius 3 is 2.94 bits per heavy atom. The van der Waals surface area contributed by atoms with Gasteiger partial charge in [0, 0.05) is 25.7 Å². The zero-order valence-corrected chi connectivity index (χ0v) is 20.2. The first kappa shape index (κ1) is 23.7. The van der Waals surface area contributed by atoms with Gasteiger partial charge in [-0.25, -0.2) is 4.39 Å². The van der Waals surface area contributed by atoms with E-state index in [0.717, 1.165) is 35.9 Å². The van der Waals surface area contributed by atoms with Crippen LogP contribution in [0.2, 0.25) is 0 Å². The SMILES string of the molecule is CN=C(NCCc1cc(F)cc2c1OCOC2)N1CCOC(c2ccccc2C)C1.I. The minimum absolute atomic E-state index is 0. The second-order valence-electron chi connectivity index (χ2n) is 7.55. The van der Waals surface area contributed by atoms with Gasteiger partial charge in [-0.3, -0.25) is 4.99 Å². The maximum Gasteiger partial charge on any atom is 0.193 e. The zero-order valence-electron chi connectivity index (χ0n) is 17.9. The molecule has 0 aliphatic carbocycles. The number of fused-ring (bicyclic) bond motifs is 1. The molecule has 0 spiro atoms. The Kier molecular flexibility index (Phi) is 8.50. The van der Waals surface area contributed by atoms with Crippen LogP contribution in [0.5, 0.6) is 5.75 Å². The van der Waals surface area contributed by atoms with E-state index in [9.17, 15) is 4.39 Å². The molecule has 168 valence electrons.